The van der Waals surface area contributed by atoms with Crippen molar-refractivity contribution in [3.05, 3.63) is 35.8 Å². The van der Waals surface area contributed by atoms with Crippen LogP contribution in [-0.4, -0.2) is 47.1 Å². The highest BCUT2D eigenvalue weighted by molar-refractivity contribution is 5.42. The van der Waals surface area contributed by atoms with Crippen LogP contribution < -0.4 is 0 Å². The van der Waals surface area contributed by atoms with Crippen LogP contribution in [0.25, 0.3) is 5.65 Å². The van der Waals surface area contributed by atoms with E-state index >= 15 is 0 Å². The topological polar surface area (TPSA) is 29.8 Å². The summed E-state index contributed by atoms with van der Waals surface area (Å²) in [7, 11) is 0. The molecule has 1 aliphatic heterocycles. The van der Waals surface area contributed by atoms with Gasteiger partial charge in [-0.3, -0.25) is 4.90 Å². The van der Waals surface area contributed by atoms with Crippen molar-refractivity contribution in [3.8, 4) is 0 Å². The number of hydrogen-bond donors (Lipinski definition) is 0. The van der Waals surface area contributed by atoms with Crippen LogP contribution in [-0.2, 0) is 11.2 Å². The summed E-state index contributed by atoms with van der Waals surface area (Å²) >= 11 is 0. The largest absolute Gasteiger partial charge is 0.379 e. The Kier molecular flexibility index (Phi) is 3.30. The molecule has 4 heteroatoms. The molecule has 3 rings (SSSR count). The number of imidazole rings is 1. The lowest BCUT2D eigenvalue weighted by atomic mass is 10.3. The van der Waals surface area contributed by atoms with Gasteiger partial charge in [0.1, 0.15) is 5.65 Å². The number of hydrogen-bond acceptors (Lipinski definition) is 3. The molecular weight excluding hydrogens is 226 g/mol. The molecule has 96 valence electrons. The summed E-state index contributed by atoms with van der Waals surface area (Å²) in [5.74, 6) is 0. The van der Waals surface area contributed by atoms with Crippen LogP contribution in [0.2, 0.25) is 0 Å². The average molecular weight is 245 g/mol. The van der Waals surface area contributed by atoms with Crippen molar-refractivity contribution < 1.29 is 4.74 Å². The zero-order valence-corrected chi connectivity index (χ0v) is 10.8. The number of ether oxygens (including phenoxy) is 1. The molecule has 0 bridgehead atoms. The highest BCUT2D eigenvalue weighted by Crippen LogP contribution is 2.09. The van der Waals surface area contributed by atoms with Crippen molar-refractivity contribution in [1.82, 2.24) is 14.3 Å². The quantitative estimate of drug-likeness (QED) is 0.821. The van der Waals surface area contributed by atoms with Crippen molar-refractivity contribution >= 4 is 5.65 Å². The summed E-state index contributed by atoms with van der Waals surface area (Å²) in [5, 5.41) is 0. The van der Waals surface area contributed by atoms with Crippen LogP contribution in [0.3, 0.4) is 0 Å². The van der Waals surface area contributed by atoms with Crippen LogP contribution >= 0.6 is 0 Å². The minimum Gasteiger partial charge on any atom is -0.379 e. The fraction of sp³-hybridized carbons (Fsp3) is 0.500. The summed E-state index contributed by atoms with van der Waals surface area (Å²) in [4.78, 5) is 7.11. The van der Waals surface area contributed by atoms with Gasteiger partial charge in [0.05, 0.1) is 18.9 Å². The number of pyridine rings is 1. The minimum atomic E-state index is 0.865. The van der Waals surface area contributed by atoms with Gasteiger partial charge in [0, 0.05) is 38.4 Å². The maximum atomic E-state index is 5.35. The third-order valence-electron chi connectivity index (χ3n) is 3.45. The number of aromatic nitrogens is 2. The van der Waals surface area contributed by atoms with Crippen LogP contribution in [0.5, 0.6) is 0 Å². The molecule has 0 atom stereocenters. The van der Waals surface area contributed by atoms with Gasteiger partial charge in [0.25, 0.3) is 0 Å². The van der Waals surface area contributed by atoms with Crippen molar-refractivity contribution in [2.45, 2.75) is 13.3 Å². The first-order chi connectivity index (χ1) is 8.81. The van der Waals surface area contributed by atoms with Crippen molar-refractivity contribution in [1.29, 1.82) is 0 Å². The Morgan fingerprint density at radius 2 is 2.17 bits per heavy atom. The molecule has 0 N–H and O–H groups in total. The number of fused-ring (bicyclic) bond motifs is 1. The van der Waals surface area contributed by atoms with Crippen LogP contribution in [0.15, 0.2) is 24.5 Å². The molecule has 0 saturated carbocycles. The molecule has 0 amide bonds. The van der Waals surface area contributed by atoms with Gasteiger partial charge in [-0.05, 0) is 24.6 Å². The van der Waals surface area contributed by atoms with E-state index in [0.29, 0.717) is 0 Å². The van der Waals surface area contributed by atoms with Gasteiger partial charge >= 0.3 is 0 Å². The Morgan fingerprint density at radius 1 is 1.33 bits per heavy atom. The Hall–Kier alpha value is -1.39. The lowest BCUT2D eigenvalue weighted by molar-refractivity contribution is 0.0383. The normalized spacial score (nSPS) is 17.4. The van der Waals surface area contributed by atoms with E-state index in [2.05, 4.69) is 45.7 Å². The van der Waals surface area contributed by atoms with Crippen molar-refractivity contribution in [3.63, 3.8) is 0 Å². The second-order valence-corrected chi connectivity index (χ2v) is 4.91. The van der Waals surface area contributed by atoms with Crippen LogP contribution in [0, 0.1) is 6.92 Å². The van der Waals surface area contributed by atoms with Gasteiger partial charge in [-0.2, -0.15) is 0 Å². The van der Waals surface area contributed by atoms with Gasteiger partial charge < -0.3 is 9.14 Å². The van der Waals surface area contributed by atoms with Crippen LogP contribution in [0.4, 0.5) is 0 Å². The number of morpholine rings is 1. The molecule has 0 spiro atoms. The Bertz CT molecular complexity index is 529. The van der Waals surface area contributed by atoms with Gasteiger partial charge in [-0.1, -0.05) is 0 Å². The van der Waals surface area contributed by atoms with Crippen molar-refractivity contribution in [2.24, 2.45) is 0 Å². The summed E-state index contributed by atoms with van der Waals surface area (Å²) in [5.41, 5.74) is 3.48. The third-order valence-corrected chi connectivity index (χ3v) is 3.45. The molecule has 2 aromatic rings. The van der Waals surface area contributed by atoms with Gasteiger partial charge in [-0.15, -0.1) is 0 Å². The summed E-state index contributed by atoms with van der Waals surface area (Å²) in [6.45, 7) is 7.00. The first-order valence-corrected chi connectivity index (χ1v) is 6.55. The predicted octanol–water partition coefficient (Wildman–Crippen LogP) is 1.52. The molecule has 1 fully saturated rings. The Labute approximate surface area is 107 Å². The second kappa shape index (κ2) is 5.08. The van der Waals surface area contributed by atoms with E-state index in [9.17, 15) is 0 Å². The second-order valence-electron chi connectivity index (χ2n) is 4.91. The first-order valence-electron chi connectivity index (χ1n) is 6.55. The molecule has 1 aliphatic rings. The zero-order chi connectivity index (χ0) is 12.4. The lowest BCUT2D eigenvalue weighted by Crippen LogP contribution is -2.37. The number of nitrogens with zero attached hydrogens (tertiary/aromatic N) is 3. The highest BCUT2D eigenvalue weighted by atomic mass is 16.5. The van der Waals surface area contributed by atoms with E-state index < -0.39 is 0 Å². The summed E-state index contributed by atoms with van der Waals surface area (Å²) in [6.07, 6.45) is 5.23. The molecule has 2 aromatic heterocycles. The predicted molar refractivity (Wildman–Crippen MR) is 70.9 cm³/mol. The SMILES string of the molecule is Cc1ccn2cc(CCN3CCOCC3)nc2c1. The molecule has 1 saturated heterocycles. The molecule has 4 nitrogen and oxygen atoms in total. The first kappa shape index (κ1) is 11.7. The molecular formula is C14H19N3O. The Morgan fingerprint density at radius 3 is 3.00 bits per heavy atom. The Balaban J connectivity index is 1.67. The van der Waals surface area contributed by atoms with Gasteiger partial charge in [-0.25, -0.2) is 4.98 Å². The highest BCUT2D eigenvalue weighted by Gasteiger charge is 2.10. The maximum absolute atomic E-state index is 5.35. The smallest absolute Gasteiger partial charge is 0.137 e. The van der Waals surface area contributed by atoms with Crippen molar-refractivity contribution in [2.75, 3.05) is 32.8 Å². The van der Waals surface area contributed by atoms with E-state index in [0.717, 1.165) is 44.9 Å². The fourth-order valence-electron chi connectivity index (χ4n) is 2.35. The molecule has 0 aromatic carbocycles. The average Bonchev–Trinajstić information content (AvgIpc) is 2.79. The van der Waals surface area contributed by atoms with Gasteiger partial charge in [0.2, 0.25) is 0 Å². The van der Waals surface area contributed by atoms with Crippen LogP contribution in [0.1, 0.15) is 11.3 Å². The molecule has 3 heterocycles. The van der Waals surface area contributed by atoms with E-state index in [1.54, 1.807) is 0 Å². The lowest BCUT2D eigenvalue weighted by Gasteiger charge is -2.26. The molecule has 0 aliphatic carbocycles. The van der Waals surface area contributed by atoms with E-state index in [1.165, 1.54) is 11.3 Å². The molecule has 0 unspecified atom stereocenters. The zero-order valence-electron chi connectivity index (χ0n) is 10.8. The maximum Gasteiger partial charge on any atom is 0.137 e. The number of rotatable bonds is 3. The van der Waals surface area contributed by atoms with E-state index in [4.69, 9.17) is 4.74 Å². The van der Waals surface area contributed by atoms with E-state index in [1.807, 2.05) is 0 Å². The minimum absolute atomic E-state index is 0.865. The third kappa shape index (κ3) is 2.54. The molecule has 18 heavy (non-hydrogen) atoms. The summed E-state index contributed by atoms with van der Waals surface area (Å²) < 4.78 is 7.45. The van der Waals surface area contributed by atoms with E-state index in [-0.39, 0.29) is 0 Å². The summed E-state index contributed by atoms with van der Waals surface area (Å²) in [6, 6.07) is 4.23. The number of aryl methyl sites for hydroxylation is 1. The fourth-order valence-corrected chi connectivity index (χ4v) is 2.35. The van der Waals surface area contributed by atoms with Gasteiger partial charge in [0.15, 0.2) is 0 Å². The molecule has 0 radical (unpaired) electrons. The monoisotopic (exact) mass is 245 g/mol. The standard InChI is InChI=1S/C14H19N3O/c1-12-2-5-17-11-13(15-14(17)10-12)3-4-16-6-8-18-9-7-16/h2,5,10-11H,3-4,6-9H2,1H3.